The van der Waals surface area contributed by atoms with Crippen LogP contribution in [0.5, 0.6) is 0 Å². The predicted octanol–water partition coefficient (Wildman–Crippen LogP) is 2.69. The van der Waals surface area contributed by atoms with Crippen molar-refractivity contribution in [3.63, 3.8) is 0 Å². The van der Waals surface area contributed by atoms with Gasteiger partial charge < -0.3 is 9.47 Å². The zero-order valence-corrected chi connectivity index (χ0v) is 7.91. The SMILES string of the molecule is COC(OC)c1ccsc1Cl. The highest BCUT2D eigenvalue weighted by atomic mass is 35.5. The van der Waals surface area contributed by atoms with Crippen molar-refractivity contribution in [3.8, 4) is 0 Å². The van der Waals surface area contributed by atoms with Gasteiger partial charge in [-0.05, 0) is 11.4 Å². The number of thiophene rings is 1. The second-order valence-corrected chi connectivity index (χ2v) is 3.47. The summed E-state index contributed by atoms with van der Waals surface area (Å²) >= 11 is 7.32. The predicted molar refractivity (Wildman–Crippen MR) is 46.1 cm³/mol. The molecule has 0 aliphatic carbocycles. The van der Waals surface area contributed by atoms with Crippen LogP contribution in [0.4, 0.5) is 0 Å². The molecule has 0 atom stereocenters. The van der Waals surface area contributed by atoms with Gasteiger partial charge >= 0.3 is 0 Å². The largest absolute Gasteiger partial charge is 0.352 e. The van der Waals surface area contributed by atoms with E-state index in [-0.39, 0.29) is 6.29 Å². The Morgan fingerprint density at radius 2 is 2.09 bits per heavy atom. The van der Waals surface area contributed by atoms with E-state index < -0.39 is 0 Å². The molecule has 0 saturated carbocycles. The lowest BCUT2D eigenvalue weighted by atomic mass is 10.3. The zero-order chi connectivity index (χ0) is 8.27. The second-order valence-electron chi connectivity index (χ2n) is 1.95. The fourth-order valence-corrected chi connectivity index (χ4v) is 1.76. The van der Waals surface area contributed by atoms with Crippen molar-refractivity contribution in [3.05, 3.63) is 21.3 Å². The molecular weight excluding hydrogens is 184 g/mol. The van der Waals surface area contributed by atoms with E-state index in [9.17, 15) is 0 Å². The minimum absolute atomic E-state index is 0.339. The Balaban J connectivity index is 2.81. The minimum Gasteiger partial charge on any atom is -0.352 e. The van der Waals surface area contributed by atoms with E-state index in [1.165, 1.54) is 11.3 Å². The van der Waals surface area contributed by atoms with E-state index in [1.807, 2.05) is 11.4 Å². The van der Waals surface area contributed by atoms with Gasteiger partial charge in [-0.2, -0.15) is 0 Å². The first kappa shape index (κ1) is 9.00. The maximum Gasteiger partial charge on any atom is 0.185 e. The summed E-state index contributed by atoms with van der Waals surface area (Å²) in [7, 11) is 3.17. The van der Waals surface area contributed by atoms with Crippen LogP contribution in [0.2, 0.25) is 4.34 Å². The quantitative estimate of drug-likeness (QED) is 0.686. The molecular formula is C7H9ClO2S. The molecule has 0 spiro atoms. The van der Waals surface area contributed by atoms with Crippen LogP contribution in [0.3, 0.4) is 0 Å². The highest BCUT2D eigenvalue weighted by Gasteiger charge is 2.13. The lowest BCUT2D eigenvalue weighted by Gasteiger charge is -2.11. The summed E-state index contributed by atoms with van der Waals surface area (Å²) in [5.41, 5.74) is 0.890. The van der Waals surface area contributed by atoms with Gasteiger partial charge in [0, 0.05) is 19.8 Å². The minimum atomic E-state index is -0.339. The van der Waals surface area contributed by atoms with Crippen LogP contribution in [-0.4, -0.2) is 14.2 Å². The highest BCUT2D eigenvalue weighted by Crippen LogP contribution is 2.30. The van der Waals surface area contributed by atoms with Gasteiger partial charge in [0.05, 0.1) is 0 Å². The summed E-state index contributed by atoms with van der Waals surface area (Å²) in [6, 6.07) is 1.89. The Morgan fingerprint density at radius 3 is 2.45 bits per heavy atom. The third-order valence-electron chi connectivity index (χ3n) is 1.33. The van der Waals surface area contributed by atoms with E-state index >= 15 is 0 Å². The number of hydrogen-bond acceptors (Lipinski definition) is 3. The van der Waals surface area contributed by atoms with Crippen LogP contribution in [0.1, 0.15) is 11.9 Å². The standard InChI is InChI=1S/C7H9ClO2S/c1-9-7(10-2)5-3-4-11-6(5)8/h3-4,7H,1-2H3. The van der Waals surface area contributed by atoms with Gasteiger partial charge in [-0.25, -0.2) is 0 Å². The van der Waals surface area contributed by atoms with Crippen molar-refractivity contribution in [1.29, 1.82) is 0 Å². The van der Waals surface area contributed by atoms with Crippen molar-refractivity contribution in [2.75, 3.05) is 14.2 Å². The molecule has 1 aromatic rings. The number of rotatable bonds is 3. The fraction of sp³-hybridized carbons (Fsp3) is 0.429. The maximum absolute atomic E-state index is 5.85. The van der Waals surface area contributed by atoms with Gasteiger partial charge in [0.2, 0.25) is 0 Å². The number of hydrogen-bond donors (Lipinski definition) is 0. The molecule has 4 heteroatoms. The second kappa shape index (κ2) is 4.07. The molecule has 0 aromatic carbocycles. The molecule has 0 bridgehead atoms. The van der Waals surface area contributed by atoms with Gasteiger partial charge in [-0.15, -0.1) is 11.3 Å². The summed E-state index contributed by atoms with van der Waals surface area (Å²) in [6.45, 7) is 0. The van der Waals surface area contributed by atoms with E-state index in [1.54, 1.807) is 14.2 Å². The first-order chi connectivity index (χ1) is 5.29. The average Bonchev–Trinajstić information content (AvgIpc) is 2.40. The maximum atomic E-state index is 5.85. The summed E-state index contributed by atoms with van der Waals surface area (Å²) in [6.07, 6.45) is -0.339. The summed E-state index contributed by atoms with van der Waals surface area (Å²) < 4.78 is 10.8. The van der Waals surface area contributed by atoms with Crippen molar-refractivity contribution in [2.45, 2.75) is 6.29 Å². The zero-order valence-electron chi connectivity index (χ0n) is 6.33. The summed E-state index contributed by atoms with van der Waals surface area (Å²) in [4.78, 5) is 0. The Labute approximate surface area is 74.7 Å². The van der Waals surface area contributed by atoms with Crippen LogP contribution >= 0.6 is 22.9 Å². The van der Waals surface area contributed by atoms with Crippen LogP contribution in [0.15, 0.2) is 11.4 Å². The van der Waals surface area contributed by atoms with E-state index in [0.29, 0.717) is 0 Å². The first-order valence-corrected chi connectivity index (χ1v) is 4.34. The molecule has 0 saturated heterocycles. The molecule has 0 aliphatic rings. The normalized spacial score (nSPS) is 10.9. The lowest BCUT2D eigenvalue weighted by Crippen LogP contribution is -2.02. The van der Waals surface area contributed by atoms with E-state index in [0.717, 1.165) is 9.90 Å². The molecule has 2 nitrogen and oxygen atoms in total. The van der Waals surface area contributed by atoms with Crippen molar-refractivity contribution < 1.29 is 9.47 Å². The Hall–Kier alpha value is -0.0900. The molecule has 0 amide bonds. The molecule has 1 rings (SSSR count). The van der Waals surface area contributed by atoms with E-state index in [4.69, 9.17) is 21.1 Å². The van der Waals surface area contributed by atoms with Crippen LogP contribution in [0.25, 0.3) is 0 Å². The smallest absolute Gasteiger partial charge is 0.185 e. The topological polar surface area (TPSA) is 18.5 Å². The molecule has 0 N–H and O–H groups in total. The molecule has 0 fully saturated rings. The third kappa shape index (κ3) is 1.93. The Morgan fingerprint density at radius 1 is 1.45 bits per heavy atom. The molecule has 0 unspecified atom stereocenters. The molecule has 0 aliphatic heterocycles. The van der Waals surface area contributed by atoms with Gasteiger partial charge in [0.25, 0.3) is 0 Å². The van der Waals surface area contributed by atoms with Crippen molar-refractivity contribution in [2.24, 2.45) is 0 Å². The number of halogens is 1. The van der Waals surface area contributed by atoms with Crippen LogP contribution < -0.4 is 0 Å². The monoisotopic (exact) mass is 192 g/mol. The molecule has 11 heavy (non-hydrogen) atoms. The van der Waals surface area contributed by atoms with Gasteiger partial charge in [0.1, 0.15) is 4.34 Å². The summed E-state index contributed by atoms with van der Waals surface area (Å²) in [5, 5.41) is 1.91. The van der Waals surface area contributed by atoms with Gasteiger partial charge in [-0.3, -0.25) is 0 Å². The van der Waals surface area contributed by atoms with Gasteiger partial charge in [-0.1, -0.05) is 11.6 Å². The van der Waals surface area contributed by atoms with Crippen LogP contribution in [0, 0.1) is 0 Å². The van der Waals surface area contributed by atoms with Crippen LogP contribution in [-0.2, 0) is 9.47 Å². The Bertz CT molecular complexity index is 220. The average molecular weight is 193 g/mol. The number of methoxy groups -OCH3 is 2. The summed E-state index contributed by atoms with van der Waals surface area (Å²) in [5.74, 6) is 0. The highest BCUT2D eigenvalue weighted by molar-refractivity contribution is 7.14. The van der Waals surface area contributed by atoms with Crippen molar-refractivity contribution >= 4 is 22.9 Å². The molecule has 0 radical (unpaired) electrons. The molecule has 1 aromatic heterocycles. The molecule has 1 heterocycles. The van der Waals surface area contributed by atoms with Crippen molar-refractivity contribution in [1.82, 2.24) is 0 Å². The third-order valence-corrected chi connectivity index (χ3v) is 2.53. The number of ether oxygens (including phenoxy) is 2. The van der Waals surface area contributed by atoms with Gasteiger partial charge in [0.15, 0.2) is 6.29 Å². The Kier molecular flexibility index (Phi) is 3.33. The molecule has 62 valence electrons. The fourth-order valence-electron chi connectivity index (χ4n) is 0.822. The lowest BCUT2D eigenvalue weighted by molar-refractivity contribution is -0.105. The first-order valence-electron chi connectivity index (χ1n) is 3.08. The van der Waals surface area contributed by atoms with E-state index in [2.05, 4.69) is 0 Å².